The second-order valence-corrected chi connectivity index (χ2v) is 2.76. The molecule has 0 radical (unpaired) electrons. The van der Waals surface area contributed by atoms with E-state index < -0.39 is 0 Å². The third-order valence-corrected chi connectivity index (χ3v) is 1.24. The Hall–Kier alpha value is -0.150. The van der Waals surface area contributed by atoms with Gasteiger partial charge in [-0.3, -0.25) is 0 Å². The molecule has 1 N–H and O–H groups in total. The molecule has 68 valence electrons. The summed E-state index contributed by atoms with van der Waals surface area (Å²) in [7, 11) is 0. The van der Waals surface area contributed by atoms with Crippen molar-refractivity contribution in [1.82, 2.24) is 5.32 Å². The molecule has 0 heterocycles. The van der Waals surface area contributed by atoms with Gasteiger partial charge in [0.15, 0.2) is 0 Å². The van der Waals surface area contributed by atoms with E-state index in [0.717, 1.165) is 13.0 Å². The van der Waals surface area contributed by atoms with Crippen molar-refractivity contribution in [2.45, 2.75) is 26.3 Å². The predicted octanol–water partition coefficient (Wildman–Crippen LogP) is 1.36. The van der Waals surface area contributed by atoms with Crippen molar-refractivity contribution in [2.75, 3.05) is 26.4 Å². The first-order valence-corrected chi connectivity index (χ1v) is 4.14. The number of rotatable bonds is 7. The molecule has 0 unspecified atom stereocenters. The average Bonchev–Trinajstić information content (AvgIpc) is 1.96. The quantitative estimate of drug-likeness (QED) is 0.572. The minimum Gasteiger partial charge on any atom is -0.379 e. The van der Waals surface area contributed by atoms with Gasteiger partial charge in [0, 0.05) is 12.6 Å². The van der Waals surface area contributed by atoms with E-state index in [9.17, 15) is 4.39 Å². The van der Waals surface area contributed by atoms with Gasteiger partial charge in [0.05, 0.1) is 6.61 Å². The number of hydrogen-bond acceptors (Lipinski definition) is 2. The first kappa shape index (κ1) is 10.8. The first-order chi connectivity index (χ1) is 5.27. The second-order valence-electron chi connectivity index (χ2n) is 2.76. The zero-order valence-corrected chi connectivity index (χ0v) is 7.40. The smallest absolute Gasteiger partial charge is 0.113 e. The number of ether oxygens (including phenoxy) is 1. The minimum absolute atomic E-state index is 0.238. The fourth-order valence-electron chi connectivity index (χ4n) is 0.722. The maximum Gasteiger partial charge on any atom is 0.113 e. The van der Waals surface area contributed by atoms with E-state index in [0.29, 0.717) is 12.6 Å². The van der Waals surface area contributed by atoms with E-state index in [1.807, 2.05) is 0 Å². The van der Waals surface area contributed by atoms with Crippen LogP contribution in [0, 0.1) is 0 Å². The molecular weight excluding hydrogens is 145 g/mol. The number of alkyl halides is 1. The van der Waals surface area contributed by atoms with Gasteiger partial charge in [-0.2, -0.15) is 0 Å². The van der Waals surface area contributed by atoms with Crippen LogP contribution in [0.15, 0.2) is 0 Å². The molecule has 0 aliphatic rings. The summed E-state index contributed by atoms with van der Waals surface area (Å²) in [6.45, 7) is 5.66. The van der Waals surface area contributed by atoms with Crippen molar-refractivity contribution in [3.05, 3.63) is 0 Å². The fourth-order valence-corrected chi connectivity index (χ4v) is 0.722. The molecule has 0 rings (SSSR count). The molecule has 0 amide bonds. The highest BCUT2D eigenvalue weighted by Gasteiger charge is 1.91. The maximum atomic E-state index is 11.5. The predicted molar refractivity (Wildman–Crippen MR) is 44.5 cm³/mol. The Morgan fingerprint density at radius 3 is 2.64 bits per heavy atom. The second kappa shape index (κ2) is 7.95. The number of halogens is 1. The molecule has 0 aromatic carbocycles. The first-order valence-electron chi connectivity index (χ1n) is 4.14. The highest BCUT2D eigenvalue weighted by Crippen LogP contribution is 1.83. The van der Waals surface area contributed by atoms with Crippen molar-refractivity contribution >= 4 is 0 Å². The van der Waals surface area contributed by atoms with Crippen LogP contribution in [0.5, 0.6) is 0 Å². The molecule has 0 aliphatic heterocycles. The number of hydrogen-bond donors (Lipinski definition) is 1. The molecule has 0 aliphatic carbocycles. The monoisotopic (exact) mass is 163 g/mol. The molecule has 2 nitrogen and oxygen atoms in total. The fraction of sp³-hybridized carbons (Fsp3) is 1.00. The van der Waals surface area contributed by atoms with Crippen molar-refractivity contribution in [3.63, 3.8) is 0 Å². The minimum atomic E-state index is -0.377. The van der Waals surface area contributed by atoms with Crippen LogP contribution in [-0.2, 0) is 4.74 Å². The average molecular weight is 163 g/mol. The lowest BCUT2D eigenvalue weighted by Crippen LogP contribution is -2.24. The summed E-state index contributed by atoms with van der Waals surface area (Å²) in [5.74, 6) is 0. The highest BCUT2D eigenvalue weighted by atomic mass is 19.1. The summed E-state index contributed by atoms with van der Waals surface area (Å²) >= 11 is 0. The van der Waals surface area contributed by atoms with Crippen molar-refractivity contribution in [1.29, 1.82) is 0 Å². The summed E-state index contributed by atoms with van der Waals surface area (Å²) in [5.41, 5.74) is 0. The summed E-state index contributed by atoms with van der Waals surface area (Å²) in [5, 5.41) is 3.25. The van der Waals surface area contributed by atoms with Crippen molar-refractivity contribution < 1.29 is 9.13 Å². The van der Waals surface area contributed by atoms with Crippen LogP contribution in [0.1, 0.15) is 20.3 Å². The van der Waals surface area contributed by atoms with E-state index >= 15 is 0 Å². The van der Waals surface area contributed by atoms with Crippen LogP contribution in [0.25, 0.3) is 0 Å². The summed E-state index contributed by atoms with van der Waals surface area (Å²) in [4.78, 5) is 0. The lowest BCUT2D eigenvalue weighted by Gasteiger charge is -2.07. The zero-order valence-electron chi connectivity index (χ0n) is 7.40. The summed E-state index contributed by atoms with van der Waals surface area (Å²) in [6.07, 6.45) is 0.957. The van der Waals surface area contributed by atoms with Crippen molar-refractivity contribution in [3.8, 4) is 0 Å². The van der Waals surface area contributed by atoms with Gasteiger partial charge in [0.1, 0.15) is 6.67 Å². The lowest BCUT2D eigenvalue weighted by atomic mass is 10.3. The molecule has 0 aromatic heterocycles. The van der Waals surface area contributed by atoms with Gasteiger partial charge in [-0.25, -0.2) is 4.39 Å². The van der Waals surface area contributed by atoms with Gasteiger partial charge in [-0.15, -0.1) is 0 Å². The van der Waals surface area contributed by atoms with Crippen molar-refractivity contribution in [2.24, 2.45) is 0 Å². The molecule has 3 heteroatoms. The molecule has 0 aromatic rings. The normalized spacial score (nSPS) is 10.9. The van der Waals surface area contributed by atoms with E-state index in [4.69, 9.17) is 4.74 Å². The molecule has 11 heavy (non-hydrogen) atoms. The maximum absolute atomic E-state index is 11.5. The van der Waals surface area contributed by atoms with E-state index in [-0.39, 0.29) is 13.3 Å². The Kier molecular flexibility index (Phi) is 7.84. The Labute approximate surface area is 68.1 Å². The Morgan fingerprint density at radius 1 is 1.36 bits per heavy atom. The van der Waals surface area contributed by atoms with E-state index in [2.05, 4.69) is 19.2 Å². The third-order valence-electron chi connectivity index (χ3n) is 1.24. The topological polar surface area (TPSA) is 21.3 Å². The van der Waals surface area contributed by atoms with Crippen LogP contribution in [-0.4, -0.2) is 32.5 Å². The van der Waals surface area contributed by atoms with E-state index in [1.54, 1.807) is 0 Å². The van der Waals surface area contributed by atoms with E-state index in [1.165, 1.54) is 0 Å². The lowest BCUT2D eigenvalue weighted by molar-refractivity contribution is 0.116. The van der Waals surface area contributed by atoms with Crippen LogP contribution >= 0.6 is 0 Å². The Bertz CT molecular complexity index is 78.5. The molecular formula is C8H18FNO. The van der Waals surface area contributed by atoms with Gasteiger partial charge < -0.3 is 10.1 Å². The molecule has 0 bridgehead atoms. The molecule has 0 atom stereocenters. The van der Waals surface area contributed by atoms with Gasteiger partial charge >= 0.3 is 0 Å². The Morgan fingerprint density at radius 2 is 2.09 bits per heavy atom. The van der Waals surface area contributed by atoms with Gasteiger partial charge in [0.2, 0.25) is 0 Å². The van der Waals surface area contributed by atoms with Crippen LogP contribution in [0.3, 0.4) is 0 Å². The standard InChI is InChI=1S/C8H18FNO/c1-8(2)10-5-3-6-11-7-4-9/h8,10H,3-7H2,1-2H3. The van der Waals surface area contributed by atoms with Crippen LogP contribution in [0.2, 0.25) is 0 Å². The molecule has 0 spiro atoms. The molecule has 0 saturated heterocycles. The van der Waals surface area contributed by atoms with Crippen LogP contribution in [0.4, 0.5) is 4.39 Å². The van der Waals surface area contributed by atoms with Gasteiger partial charge in [-0.1, -0.05) is 13.8 Å². The third kappa shape index (κ3) is 9.85. The largest absolute Gasteiger partial charge is 0.379 e. The van der Waals surface area contributed by atoms with Gasteiger partial charge in [-0.05, 0) is 13.0 Å². The summed E-state index contributed by atoms with van der Waals surface area (Å²) in [6, 6.07) is 0.524. The Balaban J connectivity index is 2.80. The number of nitrogens with one attached hydrogen (secondary N) is 1. The zero-order chi connectivity index (χ0) is 8.53. The highest BCUT2D eigenvalue weighted by molar-refractivity contribution is 4.51. The van der Waals surface area contributed by atoms with Gasteiger partial charge in [0.25, 0.3) is 0 Å². The summed E-state index contributed by atoms with van der Waals surface area (Å²) < 4.78 is 16.4. The molecule has 0 saturated carbocycles. The SMILES string of the molecule is CC(C)NCCCOCCF. The molecule has 0 fully saturated rings. The van der Waals surface area contributed by atoms with Crippen LogP contribution < -0.4 is 5.32 Å².